The second-order valence-corrected chi connectivity index (χ2v) is 5.39. The molecule has 0 saturated heterocycles. The van der Waals surface area contributed by atoms with Crippen molar-refractivity contribution in [3.63, 3.8) is 0 Å². The standard InChI is InChI=1S/C14H26O/c1-2-15-14-10-8-13(9-11-14)12-6-4-3-5-7-12/h12-14H,2-11H2,1H3. The molecular weight excluding hydrogens is 184 g/mol. The lowest BCUT2D eigenvalue weighted by Crippen LogP contribution is -2.27. The molecule has 0 N–H and O–H groups in total. The number of hydrogen-bond acceptors (Lipinski definition) is 1. The molecule has 0 aromatic rings. The van der Waals surface area contributed by atoms with Gasteiger partial charge in [0.25, 0.3) is 0 Å². The molecule has 1 heteroatoms. The molecule has 0 bridgehead atoms. The summed E-state index contributed by atoms with van der Waals surface area (Å²) in [4.78, 5) is 0. The fourth-order valence-corrected chi connectivity index (χ4v) is 3.57. The van der Waals surface area contributed by atoms with Gasteiger partial charge < -0.3 is 4.74 Å². The zero-order valence-corrected chi connectivity index (χ0v) is 10.2. The summed E-state index contributed by atoms with van der Waals surface area (Å²) in [5.74, 6) is 2.11. The second kappa shape index (κ2) is 5.89. The van der Waals surface area contributed by atoms with Crippen molar-refractivity contribution in [1.29, 1.82) is 0 Å². The van der Waals surface area contributed by atoms with E-state index in [2.05, 4.69) is 6.92 Å². The lowest BCUT2D eigenvalue weighted by Gasteiger charge is -2.35. The van der Waals surface area contributed by atoms with Crippen molar-refractivity contribution in [2.75, 3.05) is 6.61 Å². The van der Waals surface area contributed by atoms with Crippen LogP contribution >= 0.6 is 0 Å². The van der Waals surface area contributed by atoms with Gasteiger partial charge >= 0.3 is 0 Å². The van der Waals surface area contributed by atoms with E-state index in [0.29, 0.717) is 6.10 Å². The minimum absolute atomic E-state index is 0.592. The lowest BCUT2D eigenvalue weighted by atomic mass is 9.73. The average molecular weight is 210 g/mol. The molecule has 15 heavy (non-hydrogen) atoms. The monoisotopic (exact) mass is 210 g/mol. The Balaban J connectivity index is 1.72. The Bertz CT molecular complexity index is 164. The van der Waals surface area contributed by atoms with E-state index < -0.39 is 0 Å². The fourth-order valence-electron chi connectivity index (χ4n) is 3.57. The van der Waals surface area contributed by atoms with Crippen LogP contribution in [0.4, 0.5) is 0 Å². The van der Waals surface area contributed by atoms with E-state index in [1.165, 1.54) is 57.8 Å². The molecule has 1 nitrogen and oxygen atoms in total. The van der Waals surface area contributed by atoms with Gasteiger partial charge in [0.2, 0.25) is 0 Å². The van der Waals surface area contributed by atoms with Crippen LogP contribution < -0.4 is 0 Å². The maximum Gasteiger partial charge on any atom is 0.0575 e. The summed E-state index contributed by atoms with van der Waals surface area (Å²) in [6.07, 6.45) is 13.6. The van der Waals surface area contributed by atoms with Crippen LogP contribution in [0.25, 0.3) is 0 Å². The highest BCUT2D eigenvalue weighted by Crippen LogP contribution is 2.38. The van der Waals surface area contributed by atoms with Gasteiger partial charge in [0.15, 0.2) is 0 Å². The first-order valence-electron chi connectivity index (χ1n) is 7.01. The van der Waals surface area contributed by atoms with Gasteiger partial charge in [0.1, 0.15) is 0 Å². The molecule has 0 atom stereocenters. The van der Waals surface area contributed by atoms with E-state index in [1.807, 2.05) is 0 Å². The summed E-state index contributed by atoms with van der Waals surface area (Å²) < 4.78 is 5.72. The van der Waals surface area contributed by atoms with E-state index >= 15 is 0 Å². The van der Waals surface area contributed by atoms with Crippen LogP contribution in [0.5, 0.6) is 0 Å². The highest BCUT2D eigenvalue weighted by atomic mass is 16.5. The Morgan fingerprint density at radius 1 is 0.800 bits per heavy atom. The fraction of sp³-hybridized carbons (Fsp3) is 1.00. The summed E-state index contributed by atoms with van der Waals surface area (Å²) in [6.45, 7) is 3.02. The van der Waals surface area contributed by atoms with E-state index in [4.69, 9.17) is 4.74 Å². The van der Waals surface area contributed by atoms with Crippen molar-refractivity contribution in [1.82, 2.24) is 0 Å². The van der Waals surface area contributed by atoms with Gasteiger partial charge in [-0.25, -0.2) is 0 Å². The summed E-state index contributed by atoms with van der Waals surface area (Å²) in [6, 6.07) is 0. The Kier molecular flexibility index (Phi) is 4.49. The highest BCUT2D eigenvalue weighted by Gasteiger charge is 2.28. The molecule has 0 aromatic carbocycles. The summed E-state index contributed by atoms with van der Waals surface area (Å²) >= 11 is 0. The maximum atomic E-state index is 5.72. The van der Waals surface area contributed by atoms with Gasteiger partial charge in [0, 0.05) is 6.61 Å². The smallest absolute Gasteiger partial charge is 0.0575 e. The molecule has 2 aliphatic carbocycles. The van der Waals surface area contributed by atoms with Crippen LogP contribution in [-0.2, 0) is 4.74 Å². The molecule has 0 aliphatic heterocycles. The van der Waals surface area contributed by atoms with Crippen LogP contribution in [0.3, 0.4) is 0 Å². The number of hydrogen-bond donors (Lipinski definition) is 0. The molecule has 2 saturated carbocycles. The Labute approximate surface area is 94.6 Å². The highest BCUT2D eigenvalue weighted by molar-refractivity contribution is 4.80. The van der Waals surface area contributed by atoms with Crippen molar-refractivity contribution in [2.24, 2.45) is 11.8 Å². The third kappa shape index (κ3) is 3.21. The van der Waals surface area contributed by atoms with Gasteiger partial charge in [0.05, 0.1) is 6.10 Å². The Morgan fingerprint density at radius 3 is 2.00 bits per heavy atom. The SMILES string of the molecule is CCOC1CCC(C2CCCCC2)CC1. The van der Waals surface area contributed by atoms with E-state index in [-0.39, 0.29) is 0 Å². The largest absolute Gasteiger partial charge is 0.379 e. The van der Waals surface area contributed by atoms with Crippen molar-refractivity contribution in [3.05, 3.63) is 0 Å². The van der Waals surface area contributed by atoms with Gasteiger partial charge in [-0.1, -0.05) is 32.1 Å². The summed E-state index contributed by atoms with van der Waals surface area (Å²) in [5.41, 5.74) is 0. The van der Waals surface area contributed by atoms with Crippen molar-refractivity contribution in [2.45, 2.75) is 70.8 Å². The van der Waals surface area contributed by atoms with Crippen molar-refractivity contribution in [3.8, 4) is 0 Å². The molecule has 0 aromatic heterocycles. The van der Waals surface area contributed by atoms with Crippen molar-refractivity contribution < 1.29 is 4.74 Å². The van der Waals surface area contributed by atoms with E-state index in [0.717, 1.165) is 18.4 Å². The molecule has 88 valence electrons. The number of rotatable bonds is 3. The second-order valence-electron chi connectivity index (χ2n) is 5.39. The van der Waals surface area contributed by atoms with E-state index in [9.17, 15) is 0 Å². The van der Waals surface area contributed by atoms with E-state index in [1.54, 1.807) is 0 Å². The third-order valence-corrected chi connectivity index (χ3v) is 4.44. The minimum atomic E-state index is 0.592. The first kappa shape index (κ1) is 11.4. The molecular formula is C14H26O. The van der Waals surface area contributed by atoms with Gasteiger partial charge in [-0.15, -0.1) is 0 Å². The molecule has 2 aliphatic rings. The van der Waals surface area contributed by atoms with Crippen LogP contribution in [0.2, 0.25) is 0 Å². The van der Waals surface area contributed by atoms with Crippen LogP contribution in [-0.4, -0.2) is 12.7 Å². The van der Waals surface area contributed by atoms with Crippen LogP contribution in [0.15, 0.2) is 0 Å². The predicted octanol–water partition coefficient (Wildman–Crippen LogP) is 4.16. The van der Waals surface area contributed by atoms with Crippen LogP contribution in [0, 0.1) is 11.8 Å². The lowest BCUT2D eigenvalue weighted by molar-refractivity contribution is 0.0151. The first-order chi connectivity index (χ1) is 7.40. The zero-order chi connectivity index (χ0) is 10.5. The maximum absolute atomic E-state index is 5.72. The Morgan fingerprint density at radius 2 is 1.40 bits per heavy atom. The minimum Gasteiger partial charge on any atom is -0.379 e. The van der Waals surface area contributed by atoms with Gasteiger partial charge in [-0.05, 0) is 44.4 Å². The molecule has 0 radical (unpaired) electrons. The quantitative estimate of drug-likeness (QED) is 0.679. The van der Waals surface area contributed by atoms with Crippen LogP contribution in [0.1, 0.15) is 64.7 Å². The molecule has 2 rings (SSSR count). The predicted molar refractivity (Wildman–Crippen MR) is 63.9 cm³/mol. The molecule has 0 heterocycles. The average Bonchev–Trinajstić information content (AvgIpc) is 2.32. The molecule has 0 unspecified atom stereocenters. The summed E-state index contributed by atoms with van der Waals surface area (Å²) in [5, 5.41) is 0. The zero-order valence-electron chi connectivity index (χ0n) is 10.2. The first-order valence-corrected chi connectivity index (χ1v) is 7.01. The van der Waals surface area contributed by atoms with Gasteiger partial charge in [-0.2, -0.15) is 0 Å². The summed E-state index contributed by atoms with van der Waals surface area (Å²) in [7, 11) is 0. The molecule has 0 amide bonds. The third-order valence-electron chi connectivity index (χ3n) is 4.44. The molecule has 0 spiro atoms. The topological polar surface area (TPSA) is 9.23 Å². The number of ether oxygens (including phenoxy) is 1. The van der Waals surface area contributed by atoms with Crippen molar-refractivity contribution >= 4 is 0 Å². The Hall–Kier alpha value is -0.0400. The molecule has 2 fully saturated rings. The normalized spacial score (nSPS) is 34.2. The van der Waals surface area contributed by atoms with Gasteiger partial charge in [-0.3, -0.25) is 0 Å².